The number of urea groups is 1. The van der Waals surface area contributed by atoms with Gasteiger partial charge in [0, 0.05) is 15.6 Å². The summed E-state index contributed by atoms with van der Waals surface area (Å²) in [6.45, 7) is 1.90. The molecule has 6 heteroatoms. The van der Waals surface area contributed by atoms with Crippen molar-refractivity contribution in [1.29, 1.82) is 0 Å². The lowest BCUT2D eigenvalue weighted by Gasteiger charge is -2.13. The van der Waals surface area contributed by atoms with Gasteiger partial charge >= 0.3 is 6.03 Å². The Morgan fingerprint density at radius 1 is 1.26 bits per heavy atom. The summed E-state index contributed by atoms with van der Waals surface area (Å²) < 4.78 is 0.707. The summed E-state index contributed by atoms with van der Waals surface area (Å²) in [6, 6.07) is 10.3. The maximum absolute atomic E-state index is 11.8. The molecule has 2 amide bonds. The molecule has 0 aliphatic heterocycles. The van der Waals surface area contributed by atoms with Gasteiger partial charge in [-0.3, -0.25) is 0 Å². The zero-order chi connectivity index (χ0) is 13.8. The van der Waals surface area contributed by atoms with Crippen LogP contribution >= 0.6 is 34.5 Å². The molecule has 0 bridgehead atoms. The molecule has 0 unspecified atom stereocenters. The van der Waals surface area contributed by atoms with E-state index in [9.17, 15) is 4.79 Å². The van der Waals surface area contributed by atoms with Gasteiger partial charge in [-0.15, -0.1) is 11.3 Å². The molecule has 2 aromatic rings. The molecule has 0 saturated heterocycles. The Morgan fingerprint density at radius 3 is 2.68 bits per heavy atom. The second-order valence-corrected chi connectivity index (χ2v) is 6.16. The molecule has 19 heavy (non-hydrogen) atoms. The summed E-state index contributed by atoms with van der Waals surface area (Å²) in [7, 11) is 0. The predicted molar refractivity (Wildman–Crippen MR) is 81.4 cm³/mol. The van der Waals surface area contributed by atoms with Gasteiger partial charge in [0.05, 0.1) is 10.4 Å². The van der Waals surface area contributed by atoms with Crippen LogP contribution in [-0.2, 0) is 0 Å². The number of benzene rings is 1. The first-order chi connectivity index (χ1) is 9.04. The van der Waals surface area contributed by atoms with E-state index in [2.05, 4.69) is 10.6 Å². The van der Waals surface area contributed by atoms with Gasteiger partial charge in [0.25, 0.3) is 0 Å². The van der Waals surface area contributed by atoms with Crippen molar-refractivity contribution in [3.63, 3.8) is 0 Å². The summed E-state index contributed by atoms with van der Waals surface area (Å²) in [4.78, 5) is 12.8. The van der Waals surface area contributed by atoms with Gasteiger partial charge in [0.2, 0.25) is 0 Å². The molecule has 2 rings (SSSR count). The van der Waals surface area contributed by atoms with Crippen LogP contribution < -0.4 is 10.6 Å². The molecule has 2 N–H and O–H groups in total. The van der Waals surface area contributed by atoms with Gasteiger partial charge < -0.3 is 10.6 Å². The monoisotopic (exact) mass is 314 g/mol. The molecule has 1 aromatic carbocycles. The van der Waals surface area contributed by atoms with Crippen LogP contribution in [0.5, 0.6) is 0 Å². The number of amides is 2. The minimum atomic E-state index is -0.278. The fourth-order valence-electron chi connectivity index (χ4n) is 1.56. The van der Waals surface area contributed by atoms with E-state index < -0.39 is 0 Å². The summed E-state index contributed by atoms with van der Waals surface area (Å²) in [5.41, 5.74) is 0.654. The van der Waals surface area contributed by atoms with Crippen molar-refractivity contribution in [3.8, 4) is 0 Å². The molecule has 1 heterocycles. The van der Waals surface area contributed by atoms with Crippen molar-refractivity contribution >= 4 is 46.3 Å². The van der Waals surface area contributed by atoms with E-state index >= 15 is 0 Å². The lowest BCUT2D eigenvalue weighted by Crippen LogP contribution is -2.30. The lowest BCUT2D eigenvalue weighted by atomic mass is 10.3. The molecule has 3 nitrogen and oxygen atoms in total. The van der Waals surface area contributed by atoms with E-state index in [4.69, 9.17) is 23.2 Å². The van der Waals surface area contributed by atoms with Crippen LogP contribution in [0.15, 0.2) is 36.4 Å². The second-order valence-electron chi connectivity index (χ2n) is 3.97. The molecular formula is C13H12Cl2N2OS. The largest absolute Gasteiger partial charge is 0.331 e. The average Bonchev–Trinajstić information content (AvgIpc) is 2.75. The van der Waals surface area contributed by atoms with Gasteiger partial charge in [-0.1, -0.05) is 29.3 Å². The zero-order valence-corrected chi connectivity index (χ0v) is 12.4. The molecule has 1 atom stereocenters. The van der Waals surface area contributed by atoms with Crippen LogP contribution in [0, 0.1) is 0 Å². The Labute approximate surface area is 125 Å². The standard InChI is InChI=1S/C13H12Cl2N2OS/c1-8(11-5-6-12(15)19-11)16-13(18)17-10-4-2-3-9(14)7-10/h2-8H,1H3,(H2,16,17,18)/t8-/m0/s1. The van der Waals surface area contributed by atoms with Crippen molar-refractivity contribution in [1.82, 2.24) is 5.32 Å². The Morgan fingerprint density at radius 2 is 2.05 bits per heavy atom. The van der Waals surface area contributed by atoms with Crippen molar-refractivity contribution < 1.29 is 4.79 Å². The number of halogens is 2. The quantitative estimate of drug-likeness (QED) is 0.828. The average molecular weight is 315 g/mol. The van der Waals surface area contributed by atoms with E-state index in [1.54, 1.807) is 24.3 Å². The fourth-order valence-corrected chi connectivity index (χ4v) is 2.82. The van der Waals surface area contributed by atoms with Gasteiger partial charge in [-0.25, -0.2) is 4.79 Å². The third-order valence-electron chi connectivity index (χ3n) is 2.45. The molecule has 0 radical (unpaired) electrons. The number of rotatable bonds is 3. The van der Waals surface area contributed by atoms with E-state index in [0.717, 1.165) is 4.88 Å². The molecule has 100 valence electrons. The lowest BCUT2D eigenvalue weighted by molar-refractivity contribution is 0.249. The SMILES string of the molecule is C[C@H](NC(=O)Nc1cccc(Cl)c1)c1ccc(Cl)s1. The fraction of sp³-hybridized carbons (Fsp3) is 0.154. The molecule has 0 aliphatic carbocycles. The topological polar surface area (TPSA) is 41.1 Å². The van der Waals surface area contributed by atoms with Crippen LogP contribution in [0.4, 0.5) is 10.5 Å². The minimum absolute atomic E-state index is 0.100. The van der Waals surface area contributed by atoms with E-state index in [0.29, 0.717) is 15.0 Å². The molecule has 0 spiro atoms. The van der Waals surface area contributed by atoms with Gasteiger partial charge in [0.1, 0.15) is 0 Å². The third-order valence-corrected chi connectivity index (χ3v) is 4.10. The summed E-state index contributed by atoms with van der Waals surface area (Å²) in [5.74, 6) is 0. The first-order valence-corrected chi connectivity index (χ1v) is 7.20. The first kappa shape index (κ1) is 14.2. The third kappa shape index (κ3) is 4.13. The van der Waals surface area contributed by atoms with Crippen LogP contribution in [0.1, 0.15) is 17.8 Å². The molecule has 1 aromatic heterocycles. The molecule has 0 saturated carbocycles. The normalized spacial score (nSPS) is 11.9. The van der Waals surface area contributed by atoms with Gasteiger partial charge in [-0.2, -0.15) is 0 Å². The van der Waals surface area contributed by atoms with E-state index in [-0.39, 0.29) is 12.1 Å². The van der Waals surface area contributed by atoms with Crippen molar-refractivity contribution in [2.45, 2.75) is 13.0 Å². The maximum atomic E-state index is 11.8. The highest BCUT2D eigenvalue weighted by Gasteiger charge is 2.11. The number of hydrogen-bond donors (Lipinski definition) is 2. The Hall–Kier alpha value is -1.23. The van der Waals surface area contributed by atoms with Crippen molar-refractivity contribution in [2.24, 2.45) is 0 Å². The van der Waals surface area contributed by atoms with Crippen molar-refractivity contribution in [3.05, 3.63) is 50.6 Å². The van der Waals surface area contributed by atoms with Crippen LogP contribution in [0.3, 0.4) is 0 Å². The molecule has 0 fully saturated rings. The van der Waals surface area contributed by atoms with Gasteiger partial charge in [0.15, 0.2) is 0 Å². The molecular weight excluding hydrogens is 303 g/mol. The smallest absolute Gasteiger partial charge is 0.319 e. The van der Waals surface area contributed by atoms with Crippen LogP contribution in [-0.4, -0.2) is 6.03 Å². The minimum Gasteiger partial charge on any atom is -0.331 e. The summed E-state index contributed by atoms with van der Waals surface area (Å²) in [6.07, 6.45) is 0. The molecule has 0 aliphatic rings. The Balaban J connectivity index is 1.94. The summed E-state index contributed by atoms with van der Waals surface area (Å²) >= 11 is 13.2. The van der Waals surface area contributed by atoms with E-state index in [1.807, 2.05) is 19.1 Å². The number of nitrogens with one attached hydrogen (secondary N) is 2. The number of carbonyl (C=O) groups excluding carboxylic acids is 1. The Bertz CT molecular complexity index is 586. The first-order valence-electron chi connectivity index (χ1n) is 5.63. The van der Waals surface area contributed by atoms with Crippen LogP contribution in [0.2, 0.25) is 9.36 Å². The van der Waals surface area contributed by atoms with Gasteiger partial charge in [-0.05, 0) is 37.3 Å². The highest BCUT2D eigenvalue weighted by atomic mass is 35.5. The maximum Gasteiger partial charge on any atom is 0.319 e. The number of thiophene rings is 1. The predicted octanol–water partition coefficient (Wildman–Crippen LogP) is 4.94. The Kier molecular flexibility index (Phi) is 4.69. The highest BCUT2D eigenvalue weighted by molar-refractivity contribution is 7.16. The highest BCUT2D eigenvalue weighted by Crippen LogP contribution is 2.26. The second kappa shape index (κ2) is 6.28. The number of carbonyl (C=O) groups is 1. The zero-order valence-electron chi connectivity index (χ0n) is 10.1. The van der Waals surface area contributed by atoms with E-state index in [1.165, 1.54) is 11.3 Å². The summed E-state index contributed by atoms with van der Waals surface area (Å²) in [5, 5.41) is 6.14. The number of anilines is 1. The number of hydrogen-bond acceptors (Lipinski definition) is 2. The van der Waals surface area contributed by atoms with Crippen molar-refractivity contribution in [2.75, 3.05) is 5.32 Å². The van der Waals surface area contributed by atoms with Crippen LogP contribution in [0.25, 0.3) is 0 Å².